The summed E-state index contributed by atoms with van der Waals surface area (Å²) in [4.78, 5) is 13.9. The molecule has 1 rings (SSSR count). The molecular weight excluding hydrogens is 204 g/mol. The summed E-state index contributed by atoms with van der Waals surface area (Å²) in [5.41, 5.74) is 0.853. The lowest BCUT2D eigenvalue weighted by Crippen LogP contribution is -1.95. The Balaban J connectivity index is 3.06. The fraction of sp³-hybridized carbons (Fsp3) is 0.222. The first kappa shape index (κ1) is 10.5. The van der Waals surface area contributed by atoms with Crippen molar-refractivity contribution in [2.45, 2.75) is 6.92 Å². The molecule has 0 aliphatic heterocycles. The van der Waals surface area contributed by atoms with Gasteiger partial charge in [0, 0.05) is 6.07 Å². The van der Waals surface area contributed by atoms with Gasteiger partial charge in [0.05, 0.1) is 10.8 Å². The SMILES string of the molecule is Cc1nc(C#CCCl)ccc1[N+](=O)[O-]. The average Bonchev–Trinajstić information content (AvgIpc) is 2.14. The molecule has 0 aromatic carbocycles. The maximum Gasteiger partial charge on any atom is 0.290 e. The third kappa shape index (κ3) is 2.44. The normalized spacial score (nSPS) is 9.00. The summed E-state index contributed by atoms with van der Waals surface area (Å²) in [5, 5.41) is 10.5. The van der Waals surface area contributed by atoms with Gasteiger partial charge in [0.2, 0.25) is 0 Å². The van der Waals surface area contributed by atoms with Crippen LogP contribution in [0.15, 0.2) is 12.1 Å². The first-order chi connectivity index (χ1) is 6.65. The first-order valence-corrected chi connectivity index (χ1v) is 4.35. The second-order valence-electron chi connectivity index (χ2n) is 2.49. The fourth-order valence-corrected chi connectivity index (χ4v) is 1.01. The van der Waals surface area contributed by atoms with Crippen LogP contribution in [-0.4, -0.2) is 15.8 Å². The standard InChI is InChI=1S/C9H7ClN2O2/c1-7-9(12(13)14)5-4-8(11-7)3-2-6-10/h4-5H,6H2,1H3. The monoisotopic (exact) mass is 210 g/mol. The lowest BCUT2D eigenvalue weighted by atomic mass is 10.3. The Morgan fingerprint density at radius 2 is 2.36 bits per heavy atom. The zero-order chi connectivity index (χ0) is 10.6. The number of aromatic nitrogens is 1. The van der Waals surface area contributed by atoms with Crippen molar-refractivity contribution in [2.75, 3.05) is 5.88 Å². The summed E-state index contributed by atoms with van der Waals surface area (Å²) < 4.78 is 0. The topological polar surface area (TPSA) is 56.0 Å². The van der Waals surface area contributed by atoms with Crippen LogP contribution < -0.4 is 0 Å². The van der Waals surface area contributed by atoms with Crippen LogP contribution in [0.3, 0.4) is 0 Å². The molecular formula is C9H7ClN2O2. The minimum absolute atomic E-state index is 0.00132. The number of alkyl halides is 1. The van der Waals surface area contributed by atoms with Crippen LogP contribution >= 0.6 is 11.6 Å². The highest BCUT2D eigenvalue weighted by Crippen LogP contribution is 2.14. The molecule has 0 atom stereocenters. The van der Waals surface area contributed by atoms with E-state index >= 15 is 0 Å². The molecule has 0 aliphatic carbocycles. The summed E-state index contributed by atoms with van der Waals surface area (Å²) in [6.07, 6.45) is 0. The predicted molar refractivity (Wildman–Crippen MR) is 53.2 cm³/mol. The lowest BCUT2D eigenvalue weighted by molar-refractivity contribution is -0.385. The fourth-order valence-electron chi connectivity index (χ4n) is 0.940. The number of nitro groups is 1. The van der Waals surface area contributed by atoms with Gasteiger partial charge in [-0.2, -0.15) is 0 Å². The van der Waals surface area contributed by atoms with Crippen molar-refractivity contribution < 1.29 is 4.92 Å². The van der Waals surface area contributed by atoms with Gasteiger partial charge >= 0.3 is 0 Å². The van der Waals surface area contributed by atoms with E-state index in [1.807, 2.05) is 0 Å². The zero-order valence-corrected chi connectivity index (χ0v) is 8.21. The summed E-state index contributed by atoms with van der Waals surface area (Å²) in [6.45, 7) is 1.57. The van der Waals surface area contributed by atoms with E-state index in [9.17, 15) is 10.1 Å². The summed E-state index contributed by atoms with van der Waals surface area (Å²) in [7, 11) is 0. The van der Waals surface area contributed by atoms with Gasteiger partial charge in [-0.15, -0.1) is 11.6 Å². The largest absolute Gasteiger partial charge is 0.290 e. The minimum atomic E-state index is -0.471. The molecule has 0 unspecified atom stereocenters. The Bertz CT molecular complexity index is 421. The number of aryl methyl sites for hydroxylation is 1. The van der Waals surface area contributed by atoms with Crippen LogP contribution in [0.2, 0.25) is 0 Å². The third-order valence-corrected chi connectivity index (χ3v) is 1.67. The van der Waals surface area contributed by atoms with Crippen LogP contribution in [0.5, 0.6) is 0 Å². The Labute approximate surface area is 86.1 Å². The van der Waals surface area contributed by atoms with Gasteiger partial charge < -0.3 is 0 Å². The molecule has 0 fully saturated rings. The van der Waals surface area contributed by atoms with Crippen molar-refractivity contribution in [3.05, 3.63) is 33.6 Å². The van der Waals surface area contributed by atoms with E-state index in [1.54, 1.807) is 6.92 Å². The summed E-state index contributed by atoms with van der Waals surface area (Å²) in [6, 6.07) is 2.89. The molecule has 0 aliphatic rings. The Kier molecular flexibility index (Phi) is 3.43. The van der Waals surface area contributed by atoms with Crippen molar-refractivity contribution >= 4 is 17.3 Å². The Morgan fingerprint density at radius 3 is 2.86 bits per heavy atom. The lowest BCUT2D eigenvalue weighted by Gasteiger charge is -1.95. The van der Waals surface area contributed by atoms with Crippen molar-refractivity contribution in [3.8, 4) is 11.8 Å². The van der Waals surface area contributed by atoms with Gasteiger partial charge in [-0.3, -0.25) is 10.1 Å². The molecule has 0 spiro atoms. The number of nitrogens with zero attached hydrogens (tertiary/aromatic N) is 2. The highest BCUT2D eigenvalue weighted by atomic mass is 35.5. The number of hydrogen-bond donors (Lipinski definition) is 0. The molecule has 14 heavy (non-hydrogen) atoms. The van der Waals surface area contributed by atoms with Gasteiger partial charge in [-0.25, -0.2) is 4.98 Å². The average molecular weight is 211 g/mol. The molecule has 5 heteroatoms. The number of halogens is 1. The second kappa shape index (κ2) is 4.58. The molecule has 1 aromatic heterocycles. The van der Waals surface area contributed by atoms with Crippen LogP contribution in [0, 0.1) is 28.9 Å². The molecule has 1 heterocycles. The smallest absolute Gasteiger partial charge is 0.258 e. The first-order valence-electron chi connectivity index (χ1n) is 3.82. The van der Waals surface area contributed by atoms with Gasteiger partial charge in [-0.05, 0) is 18.9 Å². The molecule has 0 radical (unpaired) electrons. The van der Waals surface area contributed by atoms with Crippen LogP contribution in [-0.2, 0) is 0 Å². The van der Waals surface area contributed by atoms with Crippen molar-refractivity contribution in [1.29, 1.82) is 0 Å². The van der Waals surface area contributed by atoms with E-state index in [-0.39, 0.29) is 11.6 Å². The maximum atomic E-state index is 10.5. The van der Waals surface area contributed by atoms with Gasteiger partial charge in [0.1, 0.15) is 11.4 Å². The Morgan fingerprint density at radius 1 is 1.64 bits per heavy atom. The van der Waals surface area contributed by atoms with Crippen molar-refractivity contribution in [3.63, 3.8) is 0 Å². The van der Waals surface area contributed by atoms with Gasteiger partial charge in [0.15, 0.2) is 0 Å². The van der Waals surface area contributed by atoms with E-state index in [2.05, 4.69) is 16.8 Å². The van der Waals surface area contributed by atoms with E-state index in [4.69, 9.17) is 11.6 Å². The molecule has 0 saturated carbocycles. The van der Waals surface area contributed by atoms with E-state index in [1.165, 1.54) is 12.1 Å². The van der Waals surface area contributed by atoms with Gasteiger partial charge in [0.25, 0.3) is 5.69 Å². The number of pyridine rings is 1. The molecule has 0 N–H and O–H groups in total. The molecule has 0 saturated heterocycles. The van der Waals surface area contributed by atoms with Crippen molar-refractivity contribution in [2.24, 2.45) is 0 Å². The summed E-state index contributed by atoms with van der Waals surface area (Å²) >= 11 is 5.36. The van der Waals surface area contributed by atoms with E-state index in [0.29, 0.717) is 11.4 Å². The van der Waals surface area contributed by atoms with E-state index < -0.39 is 4.92 Å². The molecule has 1 aromatic rings. The van der Waals surface area contributed by atoms with Crippen LogP contribution in [0.1, 0.15) is 11.4 Å². The molecule has 72 valence electrons. The quantitative estimate of drug-likeness (QED) is 0.308. The maximum absolute atomic E-state index is 10.5. The minimum Gasteiger partial charge on any atom is -0.258 e. The van der Waals surface area contributed by atoms with Gasteiger partial charge in [-0.1, -0.05) is 5.92 Å². The highest BCUT2D eigenvalue weighted by Gasteiger charge is 2.10. The Hall–Kier alpha value is -1.60. The second-order valence-corrected chi connectivity index (χ2v) is 2.76. The predicted octanol–water partition coefficient (Wildman–Crippen LogP) is 1.89. The van der Waals surface area contributed by atoms with E-state index in [0.717, 1.165) is 0 Å². The molecule has 0 amide bonds. The highest BCUT2D eigenvalue weighted by molar-refractivity contribution is 6.19. The molecule has 4 nitrogen and oxygen atoms in total. The number of rotatable bonds is 1. The van der Waals surface area contributed by atoms with Crippen LogP contribution in [0.4, 0.5) is 5.69 Å². The summed E-state index contributed by atoms with van der Waals surface area (Å²) in [5.74, 6) is 5.53. The van der Waals surface area contributed by atoms with Crippen molar-refractivity contribution in [1.82, 2.24) is 4.98 Å². The zero-order valence-electron chi connectivity index (χ0n) is 7.45. The van der Waals surface area contributed by atoms with Crippen LogP contribution in [0.25, 0.3) is 0 Å². The molecule has 0 bridgehead atoms. The number of hydrogen-bond acceptors (Lipinski definition) is 3. The third-order valence-electron chi connectivity index (χ3n) is 1.54.